The smallest absolute Gasteiger partial charge is 0.0972 e. The van der Waals surface area contributed by atoms with Crippen molar-refractivity contribution in [2.45, 2.75) is 6.04 Å². The average Bonchev–Trinajstić information content (AvgIpc) is 3.23. The summed E-state index contributed by atoms with van der Waals surface area (Å²) < 4.78 is 0. The number of benzene rings is 6. The molecule has 244 valence electrons. The lowest BCUT2D eigenvalue weighted by Gasteiger charge is -2.24. The normalized spacial score (nSPS) is 13.7. The fourth-order valence-electron chi connectivity index (χ4n) is 7.33. The number of anilines is 1. The third-order valence-corrected chi connectivity index (χ3v) is 10.1. The van der Waals surface area contributed by atoms with Crippen molar-refractivity contribution in [3.05, 3.63) is 187 Å². The monoisotopic (exact) mass is 664 g/mol. The predicted molar refractivity (Wildman–Crippen MR) is 216 cm³/mol. The molecule has 1 unspecified atom stereocenters. The maximum absolute atomic E-state index is 5.22. The first-order chi connectivity index (χ1) is 25.7. The zero-order valence-electron chi connectivity index (χ0n) is 28.2. The summed E-state index contributed by atoms with van der Waals surface area (Å²) in [6.07, 6.45) is 4.46. The molecule has 0 aliphatic carbocycles. The molecular weight excluding hydrogens is 633 g/mol. The summed E-state index contributed by atoms with van der Waals surface area (Å²) in [5.74, 6) is 0. The van der Waals surface area contributed by atoms with Gasteiger partial charge in [0.05, 0.1) is 45.4 Å². The maximum Gasteiger partial charge on any atom is 0.0972 e. The van der Waals surface area contributed by atoms with E-state index in [1.165, 1.54) is 5.56 Å². The number of pyridine rings is 3. The van der Waals surface area contributed by atoms with Gasteiger partial charge in [-0.3, -0.25) is 0 Å². The molecular formula is C48H32N4. The van der Waals surface area contributed by atoms with Gasteiger partial charge in [-0.2, -0.15) is 0 Å². The van der Waals surface area contributed by atoms with Crippen LogP contribution in [-0.4, -0.2) is 15.0 Å². The van der Waals surface area contributed by atoms with Crippen LogP contribution in [-0.2, 0) is 0 Å². The molecule has 0 fully saturated rings. The SMILES string of the molecule is C1=CC(c2cccc(-c3cccc(-c4ccc5ccc6ccc(-c7ccccc7)nc6c5n4)c3)c2)Nc2c1ccc1ccc(-c3ccccc3)nc21. The Bertz CT molecular complexity index is 2820. The molecule has 10 rings (SSSR count). The van der Waals surface area contributed by atoms with Crippen LogP contribution in [0.1, 0.15) is 17.2 Å². The second-order valence-electron chi connectivity index (χ2n) is 13.3. The second-order valence-corrected chi connectivity index (χ2v) is 13.3. The van der Waals surface area contributed by atoms with Crippen LogP contribution in [0, 0.1) is 0 Å². The zero-order chi connectivity index (χ0) is 34.4. The minimum atomic E-state index is 0.00660. The van der Waals surface area contributed by atoms with Gasteiger partial charge in [0.15, 0.2) is 0 Å². The van der Waals surface area contributed by atoms with E-state index < -0.39 is 0 Å². The van der Waals surface area contributed by atoms with E-state index in [0.717, 1.165) is 88.9 Å². The Hall–Kier alpha value is -6.91. The Morgan fingerprint density at radius 2 is 0.865 bits per heavy atom. The molecule has 9 aromatic rings. The lowest BCUT2D eigenvalue weighted by Crippen LogP contribution is -2.13. The molecule has 0 saturated carbocycles. The molecule has 0 amide bonds. The third-order valence-electron chi connectivity index (χ3n) is 10.1. The quantitative estimate of drug-likeness (QED) is 0.186. The van der Waals surface area contributed by atoms with E-state index in [-0.39, 0.29) is 6.04 Å². The highest BCUT2D eigenvalue weighted by molar-refractivity contribution is 6.04. The van der Waals surface area contributed by atoms with Crippen LogP contribution in [0.15, 0.2) is 176 Å². The Labute approximate surface area is 301 Å². The molecule has 1 N–H and O–H groups in total. The fourth-order valence-corrected chi connectivity index (χ4v) is 7.33. The molecule has 1 atom stereocenters. The van der Waals surface area contributed by atoms with E-state index in [9.17, 15) is 0 Å². The first kappa shape index (κ1) is 30.0. The van der Waals surface area contributed by atoms with Gasteiger partial charge in [0.25, 0.3) is 0 Å². The Morgan fingerprint density at radius 1 is 0.385 bits per heavy atom. The second kappa shape index (κ2) is 12.4. The van der Waals surface area contributed by atoms with Crippen molar-refractivity contribution in [1.29, 1.82) is 0 Å². The van der Waals surface area contributed by atoms with Crippen LogP contribution in [0.5, 0.6) is 0 Å². The highest BCUT2D eigenvalue weighted by Crippen LogP contribution is 2.38. The van der Waals surface area contributed by atoms with E-state index in [2.05, 4.69) is 163 Å². The van der Waals surface area contributed by atoms with Gasteiger partial charge < -0.3 is 5.32 Å². The highest BCUT2D eigenvalue weighted by atomic mass is 14.9. The fraction of sp³-hybridized carbons (Fsp3) is 0.0208. The minimum absolute atomic E-state index is 0.00660. The molecule has 1 aliphatic rings. The summed E-state index contributed by atoms with van der Waals surface area (Å²) in [6.45, 7) is 0. The first-order valence-electron chi connectivity index (χ1n) is 17.6. The molecule has 4 heteroatoms. The van der Waals surface area contributed by atoms with Crippen molar-refractivity contribution in [3.8, 4) is 44.9 Å². The summed E-state index contributed by atoms with van der Waals surface area (Å²) in [5.41, 5.74) is 14.6. The molecule has 4 heterocycles. The number of aromatic nitrogens is 3. The Balaban J connectivity index is 0.982. The number of hydrogen-bond acceptors (Lipinski definition) is 4. The van der Waals surface area contributed by atoms with Crippen LogP contribution in [0.4, 0.5) is 5.69 Å². The number of nitrogens with zero attached hydrogens (tertiary/aromatic N) is 3. The number of rotatable bonds is 5. The van der Waals surface area contributed by atoms with Gasteiger partial charge in [0, 0.05) is 32.8 Å². The van der Waals surface area contributed by atoms with Gasteiger partial charge in [-0.15, -0.1) is 0 Å². The molecule has 0 bridgehead atoms. The van der Waals surface area contributed by atoms with Crippen LogP contribution in [0.3, 0.4) is 0 Å². The summed E-state index contributed by atoms with van der Waals surface area (Å²) in [6, 6.07) is 59.5. The van der Waals surface area contributed by atoms with Crippen molar-refractivity contribution in [2.75, 3.05) is 5.32 Å². The summed E-state index contributed by atoms with van der Waals surface area (Å²) in [4.78, 5) is 15.5. The number of hydrogen-bond donors (Lipinski definition) is 1. The molecule has 52 heavy (non-hydrogen) atoms. The minimum Gasteiger partial charge on any atom is -0.372 e. The van der Waals surface area contributed by atoms with E-state index in [1.54, 1.807) is 0 Å². The zero-order valence-corrected chi connectivity index (χ0v) is 28.2. The van der Waals surface area contributed by atoms with Gasteiger partial charge in [-0.1, -0.05) is 152 Å². The average molecular weight is 665 g/mol. The summed E-state index contributed by atoms with van der Waals surface area (Å²) >= 11 is 0. The topological polar surface area (TPSA) is 50.7 Å². The summed E-state index contributed by atoms with van der Waals surface area (Å²) in [7, 11) is 0. The standard InChI is InChI=1S/C48H32N4/c1-3-9-31(10-4-1)41-25-21-33-17-19-35-23-27-43(51-47(35)45(33)49-41)39-15-7-13-37(29-39)38-14-8-16-40(30-38)44-28-24-36-20-18-34-22-26-42(32-11-5-2-6-12-32)50-46(34)48(36)52-44/h1-30,43,51H. The number of fused-ring (bicyclic) bond motifs is 6. The van der Waals surface area contributed by atoms with E-state index in [4.69, 9.17) is 15.0 Å². The van der Waals surface area contributed by atoms with Crippen molar-refractivity contribution < 1.29 is 0 Å². The van der Waals surface area contributed by atoms with Crippen molar-refractivity contribution in [1.82, 2.24) is 15.0 Å². The predicted octanol–water partition coefficient (Wildman–Crippen LogP) is 12.2. The molecule has 0 radical (unpaired) electrons. The van der Waals surface area contributed by atoms with E-state index >= 15 is 0 Å². The Kier molecular flexibility index (Phi) is 7.17. The molecule has 1 aliphatic heterocycles. The lowest BCUT2D eigenvalue weighted by atomic mass is 9.94. The molecule has 4 nitrogen and oxygen atoms in total. The molecule has 3 aromatic heterocycles. The van der Waals surface area contributed by atoms with Gasteiger partial charge in [0.2, 0.25) is 0 Å². The van der Waals surface area contributed by atoms with E-state index in [0.29, 0.717) is 0 Å². The molecule has 0 spiro atoms. The van der Waals surface area contributed by atoms with E-state index in [1.807, 2.05) is 24.3 Å². The van der Waals surface area contributed by atoms with Gasteiger partial charge in [0.1, 0.15) is 0 Å². The first-order valence-corrected chi connectivity index (χ1v) is 17.6. The summed E-state index contributed by atoms with van der Waals surface area (Å²) in [5, 5.41) is 7.11. The number of nitrogens with one attached hydrogen (secondary N) is 1. The lowest BCUT2D eigenvalue weighted by molar-refractivity contribution is 0.981. The largest absolute Gasteiger partial charge is 0.372 e. The molecule has 0 saturated heterocycles. The van der Waals surface area contributed by atoms with Gasteiger partial charge in [-0.25, -0.2) is 15.0 Å². The van der Waals surface area contributed by atoms with Gasteiger partial charge >= 0.3 is 0 Å². The molecule has 6 aromatic carbocycles. The van der Waals surface area contributed by atoms with Gasteiger partial charge in [-0.05, 0) is 52.6 Å². The van der Waals surface area contributed by atoms with Crippen molar-refractivity contribution in [2.24, 2.45) is 0 Å². The van der Waals surface area contributed by atoms with Crippen LogP contribution < -0.4 is 5.32 Å². The maximum atomic E-state index is 5.22. The van der Waals surface area contributed by atoms with Crippen molar-refractivity contribution >= 4 is 44.5 Å². The highest BCUT2D eigenvalue weighted by Gasteiger charge is 2.19. The Morgan fingerprint density at radius 3 is 1.52 bits per heavy atom. The van der Waals surface area contributed by atoms with Crippen LogP contribution in [0.25, 0.3) is 83.7 Å². The van der Waals surface area contributed by atoms with Crippen LogP contribution >= 0.6 is 0 Å². The van der Waals surface area contributed by atoms with Crippen LogP contribution in [0.2, 0.25) is 0 Å². The third kappa shape index (κ3) is 5.38. The van der Waals surface area contributed by atoms with Crippen molar-refractivity contribution in [3.63, 3.8) is 0 Å².